The molecule has 1 fully saturated rings. The number of carbonyl (C=O) groups is 2. The van der Waals surface area contributed by atoms with Crippen molar-refractivity contribution in [3.05, 3.63) is 40.7 Å². The van der Waals surface area contributed by atoms with Crippen LogP contribution in [0.1, 0.15) is 41.6 Å². The van der Waals surface area contributed by atoms with Gasteiger partial charge in [-0.1, -0.05) is 12.8 Å². The maximum Gasteiger partial charge on any atom is 0.344 e. The first-order chi connectivity index (χ1) is 18.3. The number of aliphatic hydroxyl groups is 1. The molecule has 210 valence electrons. The van der Waals surface area contributed by atoms with Gasteiger partial charge in [-0.15, -0.1) is 0 Å². The SMILES string of the molecule is O=C(NCCCCCCN1CCN(CCO)CC1)Nc1snc(OCc2cc(F)c(F)cc2F)c1C(=O)O. The molecular formula is C24H32F3N5O5S. The Morgan fingerprint density at radius 2 is 1.63 bits per heavy atom. The number of nitrogens with zero attached hydrogens (tertiary/aromatic N) is 3. The van der Waals surface area contributed by atoms with Gasteiger partial charge in [-0.05, 0) is 37.0 Å². The highest BCUT2D eigenvalue weighted by molar-refractivity contribution is 7.11. The molecular weight excluding hydrogens is 527 g/mol. The van der Waals surface area contributed by atoms with Crippen LogP contribution in [0.5, 0.6) is 5.88 Å². The molecule has 0 bridgehead atoms. The minimum Gasteiger partial charge on any atom is -0.477 e. The van der Waals surface area contributed by atoms with E-state index in [1.165, 1.54) is 0 Å². The number of unbranched alkanes of at least 4 members (excludes halogenated alkanes) is 3. The maximum absolute atomic E-state index is 13.8. The summed E-state index contributed by atoms with van der Waals surface area (Å²) >= 11 is 0.669. The Bertz CT molecular complexity index is 1080. The molecule has 0 aliphatic carbocycles. The molecule has 38 heavy (non-hydrogen) atoms. The summed E-state index contributed by atoms with van der Waals surface area (Å²) in [7, 11) is 0. The summed E-state index contributed by atoms with van der Waals surface area (Å²) < 4.78 is 49.3. The molecule has 1 aromatic heterocycles. The smallest absolute Gasteiger partial charge is 0.344 e. The fourth-order valence-corrected chi connectivity index (χ4v) is 4.73. The minimum atomic E-state index is -1.43. The van der Waals surface area contributed by atoms with Crippen LogP contribution in [0, 0.1) is 17.5 Å². The van der Waals surface area contributed by atoms with Crippen LogP contribution in [0.25, 0.3) is 0 Å². The number of carbonyl (C=O) groups excluding carboxylic acids is 1. The number of piperazine rings is 1. The highest BCUT2D eigenvalue weighted by atomic mass is 32.1. The van der Waals surface area contributed by atoms with Crippen molar-refractivity contribution in [2.75, 3.05) is 57.7 Å². The summed E-state index contributed by atoms with van der Waals surface area (Å²) in [5, 5.41) is 23.6. The van der Waals surface area contributed by atoms with Gasteiger partial charge in [0.25, 0.3) is 0 Å². The number of ether oxygens (including phenoxy) is 1. The number of anilines is 1. The number of aliphatic hydroxyl groups excluding tert-OH is 1. The summed E-state index contributed by atoms with van der Waals surface area (Å²) in [6.45, 7) is 5.73. The van der Waals surface area contributed by atoms with Crippen LogP contribution in [-0.2, 0) is 6.61 Å². The van der Waals surface area contributed by atoms with E-state index in [2.05, 4.69) is 24.8 Å². The van der Waals surface area contributed by atoms with E-state index in [9.17, 15) is 27.9 Å². The van der Waals surface area contributed by atoms with Crippen molar-refractivity contribution in [2.24, 2.45) is 0 Å². The zero-order valence-corrected chi connectivity index (χ0v) is 21.7. The van der Waals surface area contributed by atoms with Crippen molar-refractivity contribution in [1.29, 1.82) is 0 Å². The van der Waals surface area contributed by atoms with Crippen LogP contribution in [0.4, 0.5) is 23.0 Å². The number of hydrogen-bond donors (Lipinski definition) is 4. The number of aromatic nitrogens is 1. The number of urea groups is 1. The van der Waals surface area contributed by atoms with Crippen molar-refractivity contribution in [1.82, 2.24) is 19.5 Å². The molecule has 0 spiro atoms. The van der Waals surface area contributed by atoms with E-state index in [4.69, 9.17) is 9.84 Å². The Morgan fingerprint density at radius 3 is 2.32 bits per heavy atom. The molecule has 3 rings (SSSR count). The number of hydrogen-bond acceptors (Lipinski definition) is 8. The van der Waals surface area contributed by atoms with Gasteiger partial charge in [-0.2, -0.15) is 4.37 Å². The molecule has 1 aliphatic heterocycles. The molecule has 10 nitrogen and oxygen atoms in total. The molecule has 2 amide bonds. The van der Waals surface area contributed by atoms with Crippen LogP contribution in [0.2, 0.25) is 0 Å². The summed E-state index contributed by atoms with van der Waals surface area (Å²) in [6.07, 6.45) is 3.79. The van der Waals surface area contributed by atoms with Crippen molar-refractivity contribution < 1.29 is 37.7 Å². The summed E-state index contributed by atoms with van der Waals surface area (Å²) in [5.41, 5.74) is -0.744. The third-order valence-corrected chi connectivity index (χ3v) is 6.87. The van der Waals surface area contributed by atoms with Gasteiger partial charge in [0.05, 0.1) is 6.61 Å². The standard InChI is InChI=1S/C24H32F3N5O5S/c25-17-14-19(27)18(26)13-16(17)15-37-21-20(23(34)35)22(38-30-21)29-24(36)28-5-3-1-2-4-6-31-7-9-32(10-8-31)11-12-33/h13-14,33H,1-12,15H2,(H,34,35)(H2,28,29,36). The third kappa shape index (κ3) is 8.82. The fraction of sp³-hybridized carbons (Fsp3) is 0.542. The number of carboxylic acid groups (broad SMARTS) is 1. The van der Waals surface area contributed by atoms with Crippen LogP contribution in [0.3, 0.4) is 0 Å². The third-order valence-electron chi connectivity index (χ3n) is 6.12. The Balaban J connectivity index is 1.36. The zero-order valence-electron chi connectivity index (χ0n) is 20.9. The first-order valence-electron chi connectivity index (χ1n) is 12.4. The van der Waals surface area contributed by atoms with Crippen LogP contribution < -0.4 is 15.4 Å². The van der Waals surface area contributed by atoms with E-state index >= 15 is 0 Å². The second kappa shape index (κ2) is 14.9. The van der Waals surface area contributed by atoms with E-state index in [1.54, 1.807) is 0 Å². The number of benzene rings is 1. The Hall–Kier alpha value is -2.94. The fourth-order valence-electron chi connectivity index (χ4n) is 4.01. The molecule has 0 radical (unpaired) electrons. The summed E-state index contributed by atoms with van der Waals surface area (Å²) in [5.74, 6) is -5.48. The molecule has 1 aliphatic rings. The molecule has 1 aromatic carbocycles. The highest BCUT2D eigenvalue weighted by Gasteiger charge is 2.24. The van der Waals surface area contributed by atoms with Crippen LogP contribution in [-0.4, -0.2) is 88.8 Å². The van der Waals surface area contributed by atoms with Gasteiger partial charge in [0, 0.05) is 50.9 Å². The Kier molecular flexibility index (Phi) is 11.6. The predicted octanol–water partition coefficient (Wildman–Crippen LogP) is 3.13. The van der Waals surface area contributed by atoms with E-state index in [0.29, 0.717) is 30.2 Å². The first kappa shape index (κ1) is 29.6. The lowest BCUT2D eigenvalue weighted by atomic mass is 10.2. The minimum absolute atomic E-state index is 0.0742. The van der Waals surface area contributed by atoms with Crippen molar-refractivity contribution in [3.63, 3.8) is 0 Å². The molecule has 14 heteroatoms. The second-order valence-electron chi connectivity index (χ2n) is 8.85. The van der Waals surface area contributed by atoms with Gasteiger partial charge in [-0.3, -0.25) is 10.2 Å². The second-order valence-corrected chi connectivity index (χ2v) is 9.62. The monoisotopic (exact) mass is 559 g/mol. The molecule has 0 atom stereocenters. The van der Waals surface area contributed by atoms with E-state index in [-0.39, 0.29) is 23.1 Å². The average molecular weight is 560 g/mol. The lowest BCUT2D eigenvalue weighted by molar-refractivity contribution is 0.0693. The topological polar surface area (TPSA) is 127 Å². The quantitative estimate of drug-likeness (QED) is 0.205. The number of carboxylic acids is 1. The van der Waals surface area contributed by atoms with Gasteiger partial charge in [0.2, 0.25) is 5.88 Å². The van der Waals surface area contributed by atoms with Crippen molar-refractivity contribution in [2.45, 2.75) is 32.3 Å². The van der Waals surface area contributed by atoms with E-state index in [1.807, 2.05) is 0 Å². The normalized spacial score (nSPS) is 14.4. The van der Waals surface area contributed by atoms with Gasteiger partial charge in [0.1, 0.15) is 17.4 Å². The summed E-state index contributed by atoms with van der Waals surface area (Å²) in [4.78, 5) is 28.6. The van der Waals surface area contributed by atoms with Crippen molar-refractivity contribution >= 4 is 28.5 Å². The van der Waals surface area contributed by atoms with Crippen molar-refractivity contribution in [3.8, 4) is 5.88 Å². The zero-order chi connectivity index (χ0) is 27.5. The Labute approximate surface area is 222 Å². The number of rotatable bonds is 14. The van der Waals surface area contributed by atoms with Crippen LogP contribution >= 0.6 is 11.5 Å². The van der Waals surface area contributed by atoms with Gasteiger partial charge < -0.3 is 25.2 Å². The lowest BCUT2D eigenvalue weighted by Gasteiger charge is -2.34. The first-order valence-corrected chi connectivity index (χ1v) is 13.2. The van der Waals surface area contributed by atoms with Gasteiger partial charge in [-0.25, -0.2) is 22.8 Å². The molecule has 4 N–H and O–H groups in total. The number of amides is 2. The molecule has 0 unspecified atom stereocenters. The molecule has 0 saturated carbocycles. The number of aromatic carboxylic acids is 1. The number of β-amino-alcohol motifs (C(OH)–C–C–N with tert-alkyl or cyclic N) is 1. The highest BCUT2D eigenvalue weighted by Crippen LogP contribution is 2.31. The molecule has 2 heterocycles. The largest absolute Gasteiger partial charge is 0.477 e. The molecule has 1 saturated heterocycles. The van der Waals surface area contributed by atoms with E-state index < -0.39 is 41.6 Å². The number of halogens is 3. The van der Waals surface area contributed by atoms with E-state index in [0.717, 1.165) is 65.0 Å². The van der Waals surface area contributed by atoms with Gasteiger partial charge in [0.15, 0.2) is 17.2 Å². The Morgan fingerprint density at radius 1 is 0.974 bits per heavy atom. The average Bonchev–Trinajstić information content (AvgIpc) is 3.28. The molecule has 2 aromatic rings. The number of nitrogens with one attached hydrogen (secondary N) is 2. The maximum atomic E-state index is 13.8. The summed E-state index contributed by atoms with van der Waals surface area (Å²) in [6, 6.07) is 0.382. The predicted molar refractivity (Wildman–Crippen MR) is 135 cm³/mol. The van der Waals surface area contributed by atoms with Crippen LogP contribution in [0.15, 0.2) is 12.1 Å². The lowest BCUT2D eigenvalue weighted by Crippen LogP contribution is -2.47. The van der Waals surface area contributed by atoms with Gasteiger partial charge >= 0.3 is 12.0 Å².